The van der Waals surface area contributed by atoms with Crippen molar-refractivity contribution in [2.24, 2.45) is 0 Å². The Morgan fingerprint density at radius 1 is 1.37 bits per heavy atom. The normalized spacial score (nSPS) is 14.2. The number of fused-ring (bicyclic) bond motifs is 1. The Hall–Kier alpha value is -1.27. The third-order valence-electron chi connectivity index (χ3n) is 2.89. The molecule has 0 bridgehead atoms. The van der Waals surface area contributed by atoms with E-state index in [1.165, 1.54) is 17.0 Å². The molecule has 2 rings (SSSR count). The quantitative estimate of drug-likeness (QED) is 0.616. The zero-order valence-corrected chi connectivity index (χ0v) is 12.0. The molecular weight excluding hydrogens is 317 g/mol. The summed E-state index contributed by atoms with van der Waals surface area (Å²) in [6.45, 7) is 3.33. The Kier molecular flexibility index (Phi) is 4.31. The number of Topliss-reactive ketones (excluding diaryl/α,β-unsaturated/α-hetero) is 1. The molecule has 0 fully saturated rings. The fourth-order valence-corrected chi connectivity index (χ4v) is 2.32. The van der Waals surface area contributed by atoms with Gasteiger partial charge in [-0.2, -0.15) is 0 Å². The van der Waals surface area contributed by atoms with Gasteiger partial charge in [-0.3, -0.25) is 9.59 Å². The molecule has 0 unspecified atom stereocenters. The molecule has 1 heterocycles. The molecule has 0 aromatic heterocycles. The number of rotatable bonds is 5. The molecule has 102 valence electrons. The minimum absolute atomic E-state index is 0.184. The lowest BCUT2D eigenvalue weighted by atomic mass is 10.1. The Labute approximate surface area is 118 Å². The average Bonchev–Trinajstić information content (AvgIpc) is 2.60. The van der Waals surface area contributed by atoms with E-state index in [1.807, 2.05) is 6.92 Å². The second-order valence-corrected chi connectivity index (χ2v) is 4.97. The lowest BCUT2D eigenvalue weighted by molar-refractivity contribution is -0.114. The maximum absolute atomic E-state index is 13.5. The molecule has 0 aliphatic carbocycles. The summed E-state index contributed by atoms with van der Waals surface area (Å²) in [6, 6.07) is 2.57. The molecule has 0 spiro atoms. The summed E-state index contributed by atoms with van der Waals surface area (Å²) in [7, 11) is 0. The zero-order valence-electron chi connectivity index (χ0n) is 10.4. The Balaban J connectivity index is 2.21. The summed E-state index contributed by atoms with van der Waals surface area (Å²) in [5.74, 6) is -1.69. The second-order valence-electron chi connectivity index (χ2n) is 4.12. The Bertz CT molecular complexity index is 533. The van der Waals surface area contributed by atoms with Crippen molar-refractivity contribution in [1.29, 1.82) is 0 Å². The van der Waals surface area contributed by atoms with Gasteiger partial charge in [0.1, 0.15) is 5.82 Å². The van der Waals surface area contributed by atoms with Crippen molar-refractivity contribution in [2.75, 3.05) is 24.7 Å². The molecule has 0 atom stereocenters. The van der Waals surface area contributed by atoms with Crippen LogP contribution >= 0.6 is 15.9 Å². The number of hydrogen-bond donors (Lipinski definition) is 0. The summed E-state index contributed by atoms with van der Waals surface area (Å²) >= 11 is 3.01. The number of ether oxygens (including phenoxy) is 1. The van der Waals surface area contributed by atoms with Crippen molar-refractivity contribution in [3.8, 4) is 0 Å². The lowest BCUT2D eigenvalue weighted by Crippen LogP contribution is -2.31. The molecule has 1 aromatic rings. The van der Waals surface area contributed by atoms with E-state index >= 15 is 0 Å². The molecule has 19 heavy (non-hydrogen) atoms. The number of carbonyl (C=O) groups excluding carboxylic acids is 2. The lowest BCUT2D eigenvalue weighted by Gasteiger charge is -2.16. The van der Waals surface area contributed by atoms with Gasteiger partial charge in [-0.05, 0) is 41.4 Å². The van der Waals surface area contributed by atoms with Gasteiger partial charge >= 0.3 is 0 Å². The smallest absolute Gasteiger partial charge is 0.299 e. The van der Waals surface area contributed by atoms with Gasteiger partial charge in [0.25, 0.3) is 11.7 Å². The number of hydrogen-bond acceptors (Lipinski definition) is 3. The van der Waals surface area contributed by atoms with Gasteiger partial charge in [0.05, 0.1) is 15.7 Å². The zero-order chi connectivity index (χ0) is 14.0. The van der Waals surface area contributed by atoms with Crippen molar-refractivity contribution in [3.05, 3.63) is 28.0 Å². The fraction of sp³-hybridized carbons (Fsp3) is 0.385. The average molecular weight is 330 g/mol. The first-order valence-electron chi connectivity index (χ1n) is 5.99. The van der Waals surface area contributed by atoms with E-state index in [0.29, 0.717) is 31.9 Å². The number of anilines is 1. The van der Waals surface area contributed by atoms with Gasteiger partial charge in [-0.15, -0.1) is 0 Å². The molecule has 0 radical (unpaired) electrons. The van der Waals surface area contributed by atoms with Crippen LogP contribution in [0.25, 0.3) is 0 Å². The molecule has 6 heteroatoms. The molecule has 1 aromatic carbocycles. The fourth-order valence-electron chi connectivity index (χ4n) is 1.98. The number of benzene rings is 1. The van der Waals surface area contributed by atoms with Gasteiger partial charge in [0.2, 0.25) is 0 Å². The summed E-state index contributed by atoms with van der Waals surface area (Å²) in [6.07, 6.45) is 0.601. The number of amides is 1. The highest BCUT2D eigenvalue weighted by Gasteiger charge is 2.36. The summed E-state index contributed by atoms with van der Waals surface area (Å²) in [4.78, 5) is 25.0. The molecule has 1 aliphatic rings. The van der Waals surface area contributed by atoms with Crippen molar-refractivity contribution >= 4 is 33.3 Å². The van der Waals surface area contributed by atoms with Crippen molar-refractivity contribution in [2.45, 2.75) is 13.3 Å². The topological polar surface area (TPSA) is 46.6 Å². The maximum Gasteiger partial charge on any atom is 0.299 e. The van der Waals surface area contributed by atoms with E-state index in [1.54, 1.807) is 0 Å². The van der Waals surface area contributed by atoms with Gasteiger partial charge < -0.3 is 9.64 Å². The van der Waals surface area contributed by atoms with Crippen LogP contribution < -0.4 is 4.90 Å². The van der Waals surface area contributed by atoms with Gasteiger partial charge in [-0.25, -0.2) is 4.39 Å². The minimum atomic E-state index is -0.607. The first-order chi connectivity index (χ1) is 9.06. The molecule has 1 aliphatic heterocycles. The highest BCUT2D eigenvalue weighted by Crippen LogP contribution is 2.33. The molecule has 4 nitrogen and oxygen atoms in total. The van der Waals surface area contributed by atoms with Crippen LogP contribution in [0.2, 0.25) is 0 Å². The van der Waals surface area contributed by atoms with E-state index in [0.717, 1.165) is 0 Å². The molecule has 0 saturated carbocycles. The van der Waals surface area contributed by atoms with Gasteiger partial charge in [0, 0.05) is 19.8 Å². The van der Waals surface area contributed by atoms with Crippen LogP contribution in [0.5, 0.6) is 0 Å². The SMILES string of the molecule is CCOCCCN1C(=O)C(=O)c2cc(Br)c(F)cc21. The van der Waals surface area contributed by atoms with Crippen LogP contribution in [0.4, 0.5) is 10.1 Å². The Morgan fingerprint density at radius 2 is 2.11 bits per heavy atom. The van der Waals surface area contributed by atoms with Gasteiger partial charge in [0.15, 0.2) is 0 Å². The van der Waals surface area contributed by atoms with Crippen LogP contribution in [0.1, 0.15) is 23.7 Å². The number of ketones is 1. The highest BCUT2D eigenvalue weighted by molar-refractivity contribution is 9.10. The minimum Gasteiger partial charge on any atom is -0.382 e. The summed E-state index contributed by atoms with van der Waals surface area (Å²) in [5.41, 5.74) is 0.585. The van der Waals surface area contributed by atoms with E-state index in [9.17, 15) is 14.0 Å². The third kappa shape index (κ3) is 2.69. The second kappa shape index (κ2) is 5.79. The first kappa shape index (κ1) is 14.1. The van der Waals surface area contributed by atoms with E-state index < -0.39 is 17.5 Å². The monoisotopic (exact) mass is 329 g/mol. The summed E-state index contributed by atoms with van der Waals surface area (Å²) < 4.78 is 18.9. The Morgan fingerprint density at radius 3 is 2.79 bits per heavy atom. The highest BCUT2D eigenvalue weighted by atomic mass is 79.9. The van der Waals surface area contributed by atoms with Crippen molar-refractivity contribution in [1.82, 2.24) is 0 Å². The largest absolute Gasteiger partial charge is 0.382 e. The van der Waals surface area contributed by atoms with Crippen LogP contribution in [0, 0.1) is 5.82 Å². The molecule has 1 amide bonds. The standard InChI is InChI=1S/C13H13BrFNO3/c1-2-19-5-3-4-16-11-7-10(15)9(14)6-8(11)12(17)13(16)18/h6-7H,2-5H2,1H3. The van der Waals surface area contributed by atoms with Gasteiger partial charge in [-0.1, -0.05) is 0 Å². The van der Waals surface area contributed by atoms with Crippen LogP contribution in [-0.2, 0) is 9.53 Å². The van der Waals surface area contributed by atoms with Crippen LogP contribution in [0.3, 0.4) is 0 Å². The maximum atomic E-state index is 13.5. The number of carbonyl (C=O) groups is 2. The molecule has 0 N–H and O–H groups in total. The van der Waals surface area contributed by atoms with Crippen molar-refractivity contribution < 1.29 is 18.7 Å². The van der Waals surface area contributed by atoms with E-state index in [2.05, 4.69) is 15.9 Å². The summed E-state index contributed by atoms with van der Waals surface area (Å²) in [5, 5.41) is 0. The predicted molar refractivity (Wildman–Crippen MR) is 71.9 cm³/mol. The van der Waals surface area contributed by atoms with Crippen LogP contribution in [-0.4, -0.2) is 31.4 Å². The number of nitrogens with zero attached hydrogens (tertiary/aromatic N) is 1. The van der Waals surface area contributed by atoms with E-state index in [4.69, 9.17) is 4.74 Å². The van der Waals surface area contributed by atoms with Crippen LogP contribution in [0.15, 0.2) is 16.6 Å². The van der Waals surface area contributed by atoms with Crippen molar-refractivity contribution in [3.63, 3.8) is 0 Å². The van der Waals surface area contributed by atoms with E-state index in [-0.39, 0.29) is 10.0 Å². The third-order valence-corrected chi connectivity index (χ3v) is 3.50. The molecule has 0 saturated heterocycles. The molecular formula is C13H13BrFNO3. The first-order valence-corrected chi connectivity index (χ1v) is 6.78. The predicted octanol–water partition coefficient (Wildman–Crippen LogP) is 2.54. The number of halogens is 2.